The lowest BCUT2D eigenvalue weighted by Crippen LogP contribution is -2.42. The molecular weight excluding hydrogens is 486 g/mol. The van der Waals surface area contributed by atoms with Gasteiger partial charge < -0.3 is 25.8 Å². The Kier molecular flexibility index (Phi) is 7.67. The average molecular weight is 516 g/mol. The number of hydrogen-bond donors (Lipinski definition) is 2. The van der Waals surface area contributed by atoms with E-state index in [4.69, 9.17) is 20.9 Å². The summed E-state index contributed by atoms with van der Waals surface area (Å²) < 4.78 is 10.2. The van der Waals surface area contributed by atoms with Gasteiger partial charge in [0.25, 0.3) is 0 Å². The van der Waals surface area contributed by atoms with Gasteiger partial charge in [-0.05, 0) is 30.5 Å². The Morgan fingerprint density at radius 2 is 1.50 bits per heavy atom. The zero-order valence-electron chi connectivity index (χ0n) is 21.2. The van der Waals surface area contributed by atoms with Crippen molar-refractivity contribution in [2.24, 2.45) is 17.4 Å². The van der Waals surface area contributed by atoms with Crippen molar-refractivity contribution in [2.75, 3.05) is 37.1 Å². The predicted octanol–water partition coefficient (Wildman–Crippen LogP) is 2.29. The number of nitrogens with zero attached hydrogens (tertiary/aromatic N) is 3. The van der Waals surface area contributed by atoms with E-state index in [0.717, 1.165) is 0 Å². The summed E-state index contributed by atoms with van der Waals surface area (Å²) in [6.45, 7) is 1.09. The molecular formula is C28H29N5O5. The summed E-state index contributed by atoms with van der Waals surface area (Å²) in [4.78, 5) is 41.8. The number of piperidine rings is 1. The highest BCUT2D eigenvalue weighted by Crippen LogP contribution is 2.45. The lowest BCUT2D eigenvalue weighted by atomic mass is 9.81. The van der Waals surface area contributed by atoms with Crippen molar-refractivity contribution in [2.45, 2.75) is 18.8 Å². The maximum atomic E-state index is 13.3. The summed E-state index contributed by atoms with van der Waals surface area (Å²) in [5.74, 6) is -3.10. The summed E-state index contributed by atoms with van der Waals surface area (Å²) in [5, 5.41) is 10.3. The largest absolute Gasteiger partial charge is 0.466 e. The van der Waals surface area contributed by atoms with Crippen molar-refractivity contribution in [3.63, 3.8) is 0 Å². The van der Waals surface area contributed by atoms with Crippen LogP contribution >= 0.6 is 0 Å². The van der Waals surface area contributed by atoms with Crippen LogP contribution in [0.3, 0.4) is 0 Å². The number of para-hydroxylation sites is 2. The first-order valence-electron chi connectivity index (χ1n) is 12.1. The van der Waals surface area contributed by atoms with Gasteiger partial charge in [0.2, 0.25) is 5.91 Å². The molecule has 0 aliphatic carbocycles. The van der Waals surface area contributed by atoms with Gasteiger partial charge in [-0.2, -0.15) is 5.26 Å². The van der Waals surface area contributed by atoms with Crippen LogP contribution in [0.5, 0.6) is 0 Å². The standard InChI is InChI=1S/C28H29N5O5/c1-37-27(35)23-22(17-8-4-3-5-9-17)19(16-29)25(30)33(24(23)28(36)38-2)21-11-7-6-10-20(21)32-14-12-18(13-15-32)26(31)34/h3-11,18,22H,12-15,30H2,1-2H3,(H2,31,34). The van der Waals surface area contributed by atoms with Crippen molar-refractivity contribution in [1.29, 1.82) is 5.26 Å². The van der Waals surface area contributed by atoms with Crippen LogP contribution in [0.1, 0.15) is 24.3 Å². The highest BCUT2D eigenvalue weighted by Gasteiger charge is 2.43. The van der Waals surface area contributed by atoms with E-state index in [2.05, 4.69) is 11.0 Å². The number of primary amides is 1. The van der Waals surface area contributed by atoms with Crippen LogP contribution in [-0.2, 0) is 23.9 Å². The second kappa shape index (κ2) is 11.1. The summed E-state index contributed by atoms with van der Waals surface area (Å²) >= 11 is 0. The number of methoxy groups -OCH3 is 2. The first-order valence-corrected chi connectivity index (χ1v) is 12.1. The van der Waals surface area contributed by atoms with Gasteiger partial charge in [-0.15, -0.1) is 0 Å². The van der Waals surface area contributed by atoms with Crippen molar-refractivity contribution < 1.29 is 23.9 Å². The minimum Gasteiger partial charge on any atom is -0.466 e. The molecule has 10 nitrogen and oxygen atoms in total. The Balaban J connectivity index is 1.95. The summed E-state index contributed by atoms with van der Waals surface area (Å²) in [5.41, 5.74) is 13.8. The third-order valence-electron chi connectivity index (χ3n) is 6.97. The molecule has 0 saturated carbocycles. The molecule has 4 N–H and O–H groups in total. The van der Waals surface area contributed by atoms with E-state index in [1.54, 1.807) is 42.5 Å². The minimum absolute atomic E-state index is 0.00567. The number of allylic oxidation sites excluding steroid dienone is 1. The van der Waals surface area contributed by atoms with Crippen LogP contribution in [0.25, 0.3) is 0 Å². The van der Waals surface area contributed by atoms with Crippen molar-refractivity contribution in [3.05, 3.63) is 82.8 Å². The summed E-state index contributed by atoms with van der Waals surface area (Å²) in [6.07, 6.45) is 1.14. The number of esters is 2. The van der Waals surface area contributed by atoms with Crippen LogP contribution in [0.15, 0.2) is 77.3 Å². The molecule has 1 fully saturated rings. The quantitative estimate of drug-likeness (QED) is 0.552. The number of nitriles is 1. The fourth-order valence-electron chi connectivity index (χ4n) is 5.09. The second-order valence-electron chi connectivity index (χ2n) is 8.99. The van der Waals surface area contributed by atoms with Crippen molar-refractivity contribution in [3.8, 4) is 6.07 Å². The molecule has 1 unspecified atom stereocenters. The number of benzene rings is 2. The molecule has 2 aromatic rings. The van der Waals surface area contributed by atoms with Crippen LogP contribution < -0.4 is 21.3 Å². The molecule has 38 heavy (non-hydrogen) atoms. The van der Waals surface area contributed by atoms with E-state index >= 15 is 0 Å². The topological polar surface area (TPSA) is 152 Å². The molecule has 2 aromatic carbocycles. The maximum Gasteiger partial charge on any atom is 0.355 e. The first kappa shape index (κ1) is 26.3. The zero-order chi connectivity index (χ0) is 27.4. The zero-order valence-corrected chi connectivity index (χ0v) is 21.2. The Labute approximate surface area is 220 Å². The molecule has 0 aromatic heterocycles. The number of ether oxygens (including phenoxy) is 2. The van der Waals surface area contributed by atoms with E-state index < -0.39 is 17.9 Å². The molecule has 2 aliphatic heterocycles. The first-order chi connectivity index (χ1) is 18.3. The monoisotopic (exact) mass is 515 g/mol. The lowest BCUT2D eigenvalue weighted by Gasteiger charge is -2.39. The molecule has 0 spiro atoms. The average Bonchev–Trinajstić information content (AvgIpc) is 2.96. The third-order valence-corrected chi connectivity index (χ3v) is 6.97. The Bertz CT molecular complexity index is 1350. The van der Waals surface area contributed by atoms with Gasteiger partial charge in [0, 0.05) is 19.0 Å². The maximum absolute atomic E-state index is 13.3. The molecule has 1 amide bonds. The fraction of sp³-hybridized carbons (Fsp3) is 0.286. The van der Waals surface area contributed by atoms with E-state index in [0.29, 0.717) is 42.9 Å². The lowest BCUT2D eigenvalue weighted by molar-refractivity contribution is -0.139. The smallest absolute Gasteiger partial charge is 0.355 e. The van der Waals surface area contributed by atoms with Gasteiger partial charge in [-0.25, -0.2) is 9.59 Å². The predicted molar refractivity (Wildman–Crippen MR) is 140 cm³/mol. The van der Waals surface area contributed by atoms with Gasteiger partial charge in [0.1, 0.15) is 11.5 Å². The molecule has 2 heterocycles. The molecule has 196 valence electrons. The Morgan fingerprint density at radius 1 is 0.921 bits per heavy atom. The summed E-state index contributed by atoms with van der Waals surface area (Å²) in [7, 11) is 2.42. The van der Waals surface area contributed by atoms with Crippen LogP contribution in [-0.4, -0.2) is 45.2 Å². The molecule has 4 rings (SSSR count). The molecule has 10 heteroatoms. The molecule has 0 radical (unpaired) electrons. The molecule has 2 aliphatic rings. The van der Waals surface area contributed by atoms with Gasteiger partial charge in [0.15, 0.2) is 0 Å². The van der Waals surface area contributed by atoms with E-state index in [9.17, 15) is 19.6 Å². The van der Waals surface area contributed by atoms with Gasteiger partial charge in [-0.1, -0.05) is 42.5 Å². The molecule has 0 bridgehead atoms. The van der Waals surface area contributed by atoms with Gasteiger partial charge >= 0.3 is 11.9 Å². The second-order valence-corrected chi connectivity index (χ2v) is 8.99. The number of amides is 1. The van der Waals surface area contributed by atoms with Gasteiger partial charge in [-0.3, -0.25) is 9.69 Å². The highest BCUT2D eigenvalue weighted by atomic mass is 16.5. The fourth-order valence-corrected chi connectivity index (χ4v) is 5.09. The SMILES string of the molecule is COC(=O)C1=C(C(=O)OC)N(c2ccccc2N2CCC(C(N)=O)CC2)C(N)=C(C#N)C1c1ccccc1. The Morgan fingerprint density at radius 3 is 2.05 bits per heavy atom. The van der Waals surface area contributed by atoms with Crippen molar-refractivity contribution >= 4 is 29.2 Å². The number of carbonyl (C=O) groups excluding carboxylic acids is 3. The highest BCUT2D eigenvalue weighted by molar-refractivity contribution is 6.07. The number of nitrogens with two attached hydrogens (primary N) is 2. The van der Waals surface area contributed by atoms with Crippen LogP contribution in [0, 0.1) is 17.2 Å². The third kappa shape index (κ3) is 4.66. The number of anilines is 2. The molecule has 1 saturated heterocycles. The molecule has 1 atom stereocenters. The van der Waals surface area contributed by atoms with Gasteiger partial charge in [0.05, 0.1) is 48.7 Å². The van der Waals surface area contributed by atoms with Crippen LogP contribution in [0.4, 0.5) is 11.4 Å². The summed E-state index contributed by atoms with van der Waals surface area (Å²) in [6, 6.07) is 18.2. The normalized spacial score (nSPS) is 18.2. The van der Waals surface area contributed by atoms with E-state index in [1.165, 1.54) is 19.1 Å². The van der Waals surface area contributed by atoms with Crippen LogP contribution in [0.2, 0.25) is 0 Å². The number of rotatable bonds is 6. The number of hydrogen-bond acceptors (Lipinski definition) is 9. The van der Waals surface area contributed by atoms with Crippen molar-refractivity contribution in [1.82, 2.24) is 0 Å². The number of carbonyl (C=O) groups is 3. The minimum atomic E-state index is -0.947. The van der Waals surface area contributed by atoms with E-state index in [-0.39, 0.29) is 34.5 Å². The Hall–Kier alpha value is -4.78. The van der Waals surface area contributed by atoms with E-state index in [1.807, 2.05) is 12.1 Å².